The van der Waals surface area contributed by atoms with E-state index >= 15 is 0 Å². The molecule has 0 aliphatic rings. The summed E-state index contributed by atoms with van der Waals surface area (Å²) in [6.07, 6.45) is 0.490. The number of ether oxygens (including phenoxy) is 1. The third kappa shape index (κ3) is 4.01. The van der Waals surface area contributed by atoms with Crippen molar-refractivity contribution < 1.29 is 9.53 Å². The maximum Gasteiger partial charge on any atom is 0.337 e. The zero-order valence-corrected chi connectivity index (χ0v) is 14.3. The van der Waals surface area contributed by atoms with Crippen molar-refractivity contribution in [3.8, 4) is 0 Å². The minimum Gasteiger partial charge on any atom is -0.465 e. The van der Waals surface area contributed by atoms with Crippen LogP contribution in [0.2, 0.25) is 10.0 Å². The van der Waals surface area contributed by atoms with E-state index in [-0.39, 0.29) is 23.1 Å². The predicted molar refractivity (Wildman–Crippen MR) is 91.7 cm³/mol. The van der Waals surface area contributed by atoms with Gasteiger partial charge in [0, 0.05) is 6.54 Å². The maximum atomic E-state index is 12.2. The molecule has 1 aromatic heterocycles. The lowest BCUT2D eigenvalue weighted by Gasteiger charge is -2.13. The molecule has 0 bridgehead atoms. The molecular weight excluding hydrogens is 355 g/mol. The molecule has 1 aromatic carbocycles. The van der Waals surface area contributed by atoms with Gasteiger partial charge < -0.3 is 9.30 Å². The summed E-state index contributed by atoms with van der Waals surface area (Å²) in [7, 11) is 1.31. The highest BCUT2D eigenvalue weighted by molar-refractivity contribution is 6.34. The average Bonchev–Trinajstić information content (AvgIpc) is 2.59. The van der Waals surface area contributed by atoms with Gasteiger partial charge in [0.25, 0.3) is 5.56 Å². The van der Waals surface area contributed by atoms with Crippen LogP contribution in [0.15, 0.2) is 40.3 Å². The van der Waals surface area contributed by atoms with Crippen molar-refractivity contribution in [3.63, 3.8) is 0 Å². The van der Waals surface area contributed by atoms with Crippen LogP contribution in [0.5, 0.6) is 0 Å². The van der Waals surface area contributed by atoms with Gasteiger partial charge in [0.05, 0.1) is 23.4 Å². The number of benzene rings is 1. The molecule has 0 unspecified atom stereocenters. The number of rotatable bonds is 6. The van der Waals surface area contributed by atoms with Gasteiger partial charge in [-0.05, 0) is 30.2 Å². The number of aromatic nitrogens is 1. The molecule has 2 rings (SSSR count). The second-order valence-corrected chi connectivity index (χ2v) is 5.78. The Morgan fingerprint density at radius 1 is 1.21 bits per heavy atom. The monoisotopic (exact) mass is 368 g/mol. The number of pyridine rings is 1. The quantitative estimate of drug-likeness (QED) is 0.577. The van der Waals surface area contributed by atoms with E-state index in [4.69, 9.17) is 23.2 Å². The Morgan fingerprint density at radius 3 is 2.46 bits per heavy atom. The number of nitrogens with zero attached hydrogens (tertiary/aromatic N) is 2. The molecule has 126 valence electrons. The third-order valence-electron chi connectivity index (χ3n) is 3.52. The summed E-state index contributed by atoms with van der Waals surface area (Å²) in [4.78, 5) is 34.2. The normalized spacial score (nSPS) is 10.5. The second-order valence-electron chi connectivity index (χ2n) is 4.97. The Kier molecular flexibility index (Phi) is 6.11. The molecule has 0 saturated carbocycles. The Balaban J connectivity index is 2.24. The van der Waals surface area contributed by atoms with Gasteiger partial charge >= 0.3 is 5.97 Å². The van der Waals surface area contributed by atoms with Crippen LogP contribution < -0.4 is 5.56 Å². The fourth-order valence-corrected chi connectivity index (χ4v) is 2.80. The molecule has 0 fully saturated rings. The number of esters is 1. The first-order chi connectivity index (χ1) is 11.5. The van der Waals surface area contributed by atoms with Crippen molar-refractivity contribution in [3.05, 3.63) is 72.5 Å². The second kappa shape index (κ2) is 8.08. The molecule has 0 spiro atoms. The van der Waals surface area contributed by atoms with E-state index in [0.717, 1.165) is 5.56 Å². The number of aryl methyl sites for hydroxylation is 1. The van der Waals surface area contributed by atoms with Crippen LogP contribution >= 0.6 is 23.2 Å². The lowest BCUT2D eigenvalue weighted by molar-refractivity contribution is 0.0600. The summed E-state index contributed by atoms with van der Waals surface area (Å²) in [5.74, 6) is -0.418. The summed E-state index contributed by atoms with van der Waals surface area (Å²) in [6, 6.07) is 8.13. The molecule has 0 atom stereocenters. The van der Waals surface area contributed by atoms with Gasteiger partial charge in [-0.1, -0.05) is 40.5 Å². The van der Waals surface area contributed by atoms with Gasteiger partial charge in [-0.2, -0.15) is 4.91 Å². The van der Waals surface area contributed by atoms with E-state index in [1.807, 2.05) is 0 Å². The molecule has 0 radical (unpaired) electrons. The van der Waals surface area contributed by atoms with Crippen LogP contribution in [-0.2, 0) is 24.2 Å². The highest BCUT2D eigenvalue weighted by Crippen LogP contribution is 2.19. The molecule has 0 aliphatic heterocycles. The molecule has 0 saturated heterocycles. The predicted octanol–water partition coefficient (Wildman–Crippen LogP) is 3.45. The molecule has 0 aliphatic carbocycles. The van der Waals surface area contributed by atoms with Gasteiger partial charge in [-0.25, -0.2) is 4.79 Å². The van der Waals surface area contributed by atoms with Gasteiger partial charge in [-0.15, -0.1) is 0 Å². The summed E-state index contributed by atoms with van der Waals surface area (Å²) in [5.41, 5.74) is 1.24. The zero-order chi connectivity index (χ0) is 17.7. The molecule has 8 heteroatoms. The minimum atomic E-state index is -0.425. The Morgan fingerprint density at radius 2 is 1.88 bits per heavy atom. The van der Waals surface area contributed by atoms with Gasteiger partial charge in [0.2, 0.25) is 0 Å². The van der Waals surface area contributed by atoms with E-state index in [0.29, 0.717) is 17.7 Å². The number of hydrogen-bond donors (Lipinski definition) is 0. The van der Waals surface area contributed by atoms with Gasteiger partial charge in [-0.3, -0.25) is 4.79 Å². The lowest BCUT2D eigenvalue weighted by atomic mass is 10.1. The topological polar surface area (TPSA) is 77.7 Å². The fourth-order valence-electron chi connectivity index (χ4n) is 2.26. The highest BCUT2D eigenvalue weighted by atomic mass is 35.5. The summed E-state index contributed by atoms with van der Waals surface area (Å²) in [5, 5.41) is 3.01. The molecule has 24 heavy (non-hydrogen) atoms. The van der Waals surface area contributed by atoms with E-state index in [9.17, 15) is 14.5 Å². The molecule has 0 amide bonds. The Hall–Kier alpha value is -2.18. The number of methoxy groups -OCH3 is 1. The fraction of sp³-hybridized carbons (Fsp3) is 0.250. The van der Waals surface area contributed by atoms with Gasteiger partial charge in [0.1, 0.15) is 11.6 Å². The summed E-state index contributed by atoms with van der Waals surface area (Å²) >= 11 is 11.9. The van der Waals surface area contributed by atoms with Crippen LogP contribution in [0.3, 0.4) is 0 Å². The third-order valence-corrected chi connectivity index (χ3v) is 4.12. The summed E-state index contributed by atoms with van der Waals surface area (Å²) in [6.45, 7) is 0.0635. The molecule has 0 N–H and O–H groups in total. The molecule has 2 aromatic rings. The van der Waals surface area contributed by atoms with Crippen LogP contribution in [-0.4, -0.2) is 17.6 Å². The van der Waals surface area contributed by atoms with Crippen molar-refractivity contribution >= 4 is 29.2 Å². The lowest BCUT2D eigenvalue weighted by Crippen LogP contribution is -2.25. The minimum absolute atomic E-state index is 0.0179. The van der Waals surface area contributed by atoms with Crippen molar-refractivity contribution in [1.29, 1.82) is 0 Å². The van der Waals surface area contributed by atoms with Crippen molar-refractivity contribution in [2.75, 3.05) is 7.11 Å². The molecular formula is C16H14Cl2N2O4. The van der Waals surface area contributed by atoms with Crippen molar-refractivity contribution in [1.82, 2.24) is 4.57 Å². The summed E-state index contributed by atoms with van der Waals surface area (Å²) < 4.78 is 5.98. The first-order valence-electron chi connectivity index (χ1n) is 7.02. The first-order valence-corrected chi connectivity index (χ1v) is 7.77. The van der Waals surface area contributed by atoms with E-state index in [1.165, 1.54) is 17.7 Å². The van der Waals surface area contributed by atoms with Gasteiger partial charge in [0.15, 0.2) is 0 Å². The number of hydrogen-bond acceptors (Lipinski definition) is 5. The molecule has 1 heterocycles. The molecule has 6 nitrogen and oxygen atoms in total. The number of carbonyl (C=O) groups excluding carboxylic acids is 1. The van der Waals surface area contributed by atoms with Crippen LogP contribution in [0.1, 0.15) is 21.6 Å². The number of nitroso groups, excluding NO2 is 1. The first kappa shape index (κ1) is 18.2. The highest BCUT2D eigenvalue weighted by Gasteiger charge is 2.13. The Labute approximate surface area is 147 Å². The van der Waals surface area contributed by atoms with E-state index in [2.05, 4.69) is 9.91 Å². The van der Waals surface area contributed by atoms with Crippen LogP contribution in [0.25, 0.3) is 0 Å². The Bertz CT molecular complexity index is 816. The number of carbonyl (C=O) groups is 1. The average molecular weight is 369 g/mol. The van der Waals surface area contributed by atoms with Crippen molar-refractivity contribution in [2.45, 2.75) is 19.5 Å². The largest absolute Gasteiger partial charge is 0.465 e. The number of halogens is 2. The van der Waals surface area contributed by atoms with E-state index < -0.39 is 11.5 Å². The smallest absolute Gasteiger partial charge is 0.337 e. The maximum absolute atomic E-state index is 12.2. The van der Waals surface area contributed by atoms with Crippen LogP contribution in [0, 0.1) is 4.91 Å². The zero-order valence-electron chi connectivity index (χ0n) is 12.8. The van der Waals surface area contributed by atoms with Crippen molar-refractivity contribution in [2.24, 2.45) is 5.18 Å². The van der Waals surface area contributed by atoms with Crippen LogP contribution in [0.4, 0.5) is 0 Å². The van der Waals surface area contributed by atoms with E-state index in [1.54, 1.807) is 24.3 Å². The standard InChI is InChI=1S/C16H14Cl2N2O4/c1-24-16(22)11-4-2-10(3-5-11)6-7-20-14(9-19-23)12(17)8-13(18)15(20)21/h2-5,8H,6-7,9H2,1H3. The SMILES string of the molecule is COC(=O)c1ccc(CCn2c(CN=O)c(Cl)cc(Cl)c2=O)cc1.